The molecule has 0 fully saturated rings. The monoisotopic (exact) mass is 471 g/mol. The summed E-state index contributed by atoms with van der Waals surface area (Å²) < 4.78 is 18.5. The van der Waals surface area contributed by atoms with Crippen LogP contribution in [0.3, 0.4) is 0 Å². The standard InChI is InChI=1S/C29H61NO3/c1-6-11-13-15-17-18-20-22-26-30-27-23-25-28(24-21-19-16-14-12-7-2)29(31-8-3,32-9-4)33-10-5/h28,30H,6-27H2,1-5H3. The summed E-state index contributed by atoms with van der Waals surface area (Å²) in [6.45, 7) is 14.7. The highest BCUT2D eigenvalue weighted by molar-refractivity contribution is 4.73. The van der Waals surface area contributed by atoms with E-state index in [2.05, 4.69) is 19.2 Å². The number of ether oxygens (including phenoxy) is 3. The highest BCUT2D eigenvalue weighted by Gasteiger charge is 2.41. The highest BCUT2D eigenvalue weighted by atomic mass is 16.9. The molecule has 0 aliphatic heterocycles. The Labute approximate surface area is 208 Å². The summed E-state index contributed by atoms with van der Waals surface area (Å²) >= 11 is 0. The normalized spacial score (nSPS) is 13.0. The van der Waals surface area contributed by atoms with E-state index in [9.17, 15) is 0 Å². The van der Waals surface area contributed by atoms with E-state index in [4.69, 9.17) is 14.2 Å². The summed E-state index contributed by atoms with van der Waals surface area (Å²) in [6, 6.07) is 0. The Morgan fingerprint density at radius 2 is 0.879 bits per heavy atom. The van der Waals surface area contributed by atoms with Crippen molar-refractivity contribution in [2.75, 3.05) is 32.9 Å². The second kappa shape index (κ2) is 24.9. The lowest BCUT2D eigenvalue weighted by Crippen LogP contribution is -2.47. The van der Waals surface area contributed by atoms with Gasteiger partial charge in [-0.15, -0.1) is 0 Å². The van der Waals surface area contributed by atoms with Crippen LogP contribution in [-0.2, 0) is 14.2 Å². The summed E-state index contributed by atoms with van der Waals surface area (Å²) in [5, 5.41) is 3.67. The molecule has 0 saturated heterocycles. The van der Waals surface area contributed by atoms with E-state index in [0.717, 1.165) is 32.4 Å². The molecule has 200 valence electrons. The Hall–Kier alpha value is -0.160. The van der Waals surface area contributed by atoms with Crippen molar-refractivity contribution < 1.29 is 14.2 Å². The van der Waals surface area contributed by atoms with Crippen LogP contribution in [0, 0.1) is 5.92 Å². The maximum Gasteiger partial charge on any atom is 0.285 e. The Balaban J connectivity index is 4.38. The Morgan fingerprint density at radius 3 is 1.36 bits per heavy atom. The fraction of sp³-hybridized carbons (Fsp3) is 1.00. The molecule has 1 N–H and O–H groups in total. The molecule has 0 saturated carbocycles. The molecule has 0 aliphatic rings. The fourth-order valence-corrected chi connectivity index (χ4v) is 4.73. The van der Waals surface area contributed by atoms with Crippen LogP contribution in [0.15, 0.2) is 0 Å². The number of unbranched alkanes of at least 4 members (excludes halogenated alkanes) is 12. The van der Waals surface area contributed by atoms with Crippen LogP contribution in [0.25, 0.3) is 0 Å². The number of hydrogen-bond donors (Lipinski definition) is 1. The van der Waals surface area contributed by atoms with Crippen molar-refractivity contribution >= 4 is 0 Å². The summed E-state index contributed by atoms with van der Waals surface area (Å²) in [7, 11) is 0. The third-order valence-electron chi connectivity index (χ3n) is 6.56. The van der Waals surface area contributed by atoms with Crippen LogP contribution < -0.4 is 5.32 Å². The summed E-state index contributed by atoms with van der Waals surface area (Å²) in [5.41, 5.74) is 0. The van der Waals surface area contributed by atoms with Gasteiger partial charge in [-0.3, -0.25) is 0 Å². The zero-order chi connectivity index (χ0) is 24.5. The van der Waals surface area contributed by atoms with Gasteiger partial charge in [0.2, 0.25) is 0 Å². The van der Waals surface area contributed by atoms with Crippen molar-refractivity contribution in [3.05, 3.63) is 0 Å². The molecule has 0 heterocycles. The largest absolute Gasteiger partial charge is 0.328 e. The predicted octanol–water partition coefficient (Wildman–Crippen LogP) is 8.63. The Kier molecular flexibility index (Phi) is 24.8. The van der Waals surface area contributed by atoms with Crippen molar-refractivity contribution in [1.29, 1.82) is 0 Å². The lowest BCUT2D eigenvalue weighted by molar-refractivity contribution is -0.403. The molecule has 0 aromatic heterocycles. The number of rotatable bonds is 27. The zero-order valence-electron chi connectivity index (χ0n) is 23.4. The van der Waals surface area contributed by atoms with Crippen molar-refractivity contribution in [2.45, 2.75) is 150 Å². The van der Waals surface area contributed by atoms with Gasteiger partial charge in [0.25, 0.3) is 5.97 Å². The van der Waals surface area contributed by atoms with Crippen LogP contribution in [-0.4, -0.2) is 38.9 Å². The minimum atomic E-state index is -0.876. The summed E-state index contributed by atoms with van der Waals surface area (Å²) in [6.07, 6.45) is 22.3. The van der Waals surface area contributed by atoms with Gasteiger partial charge in [0.15, 0.2) is 0 Å². The van der Waals surface area contributed by atoms with E-state index in [-0.39, 0.29) is 5.92 Å². The third-order valence-corrected chi connectivity index (χ3v) is 6.56. The topological polar surface area (TPSA) is 39.7 Å². The first-order valence-electron chi connectivity index (χ1n) is 14.8. The van der Waals surface area contributed by atoms with Crippen LogP contribution >= 0.6 is 0 Å². The lowest BCUT2D eigenvalue weighted by Gasteiger charge is -2.39. The number of nitrogens with one attached hydrogen (secondary N) is 1. The van der Waals surface area contributed by atoms with Crippen molar-refractivity contribution in [3.63, 3.8) is 0 Å². The molecule has 4 nitrogen and oxygen atoms in total. The first kappa shape index (κ1) is 32.8. The maximum atomic E-state index is 6.16. The van der Waals surface area contributed by atoms with Crippen LogP contribution in [0.4, 0.5) is 0 Å². The van der Waals surface area contributed by atoms with Crippen LogP contribution in [0.5, 0.6) is 0 Å². The molecule has 0 radical (unpaired) electrons. The second-order valence-corrected chi connectivity index (χ2v) is 9.52. The summed E-state index contributed by atoms with van der Waals surface area (Å²) in [5.74, 6) is -0.590. The molecule has 0 aliphatic carbocycles. The minimum absolute atomic E-state index is 0.286. The van der Waals surface area contributed by atoms with Gasteiger partial charge in [-0.2, -0.15) is 0 Å². The molecule has 1 atom stereocenters. The molecule has 0 bridgehead atoms. The highest BCUT2D eigenvalue weighted by Crippen LogP contribution is 2.34. The molecule has 33 heavy (non-hydrogen) atoms. The second-order valence-electron chi connectivity index (χ2n) is 9.52. The van der Waals surface area contributed by atoms with Gasteiger partial charge < -0.3 is 19.5 Å². The molecule has 0 spiro atoms. The maximum absolute atomic E-state index is 6.16. The van der Waals surface area contributed by atoms with Gasteiger partial charge in [-0.05, 0) is 59.5 Å². The molecule has 0 aromatic rings. The zero-order valence-corrected chi connectivity index (χ0v) is 23.4. The molecule has 0 aromatic carbocycles. The lowest BCUT2D eigenvalue weighted by atomic mass is 9.92. The predicted molar refractivity (Wildman–Crippen MR) is 144 cm³/mol. The van der Waals surface area contributed by atoms with E-state index in [1.807, 2.05) is 20.8 Å². The molecule has 0 amide bonds. The Bertz CT molecular complexity index is 361. The third kappa shape index (κ3) is 17.9. The van der Waals surface area contributed by atoms with Gasteiger partial charge in [0.05, 0.1) is 0 Å². The smallest absolute Gasteiger partial charge is 0.285 e. The van der Waals surface area contributed by atoms with E-state index >= 15 is 0 Å². The van der Waals surface area contributed by atoms with E-state index in [1.54, 1.807) is 0 Å². The van der Waals surface area contributed by atoms with Crippen molar-refractivity contribution in [3.8, 4) is 0 Å². The first-order valence-corrected chi connectivity index (χ1v) is 14.8. The SMILES string of the molecule is CCCCCCCCCCNCCCC(CCCCCCCC)C(OCC)(OCC)OCC. The van der Waals surface area contributed by atoms with Crippen LogP contribution in [0.1, 0.15) is 144 Å². The van der Waals surface area contributed by atoms with E-state index < -0.39 is 5.97 Å². The quantitative estimate of drug-likeness (QED) is 0.0961. The molecular formula is C29H61NO3. The van der Waals surface area contributed by atoms with Crippen molar-refractivity contribution in [1.82, 2.24) is 5.32 Å². The van der Waals surface area contributed by atoms with E-state index in [1.165, 1.54) is 89.9 Å². The van der Waals surface area contributed by atoms with Gasteiger partial charge in [0, 0.05) is 25.7 Å². The molecule has 0 rings (SSSR count). The average molecular weight is 472 g/mol. The average Bonchev–Trinajstić information content (AvgIpc) is 2.81. The number of hydrogen-bond acceptors (Lipinski definition) is 4. The van der Waals surface area contributed by atoms with Gasteiger partial charge in [-0.25, -0.2) is 0 Å². The van der Waals surface area contributed by atoms with E-state index in [0.29, 0.717) is 19.8 Å². The van der Waals surface area contributed by atoms with Crippen LogP contribution in [0.2, 0.25) is 0 Å². The summed E-state index contributed by atoms with van der Waals surface area (Å²) in [4.78, 5) is 0. The fourth-order valence-electron chi connectivity index (χ4n) is 4.73. The molecule has 1 unspecified atom stereocenters. The first-order chi connectivity index (χ1) is 16.2. The van der Waals surface area contributed by atoms with Gasteiger partial charge >= 0.3 is 0 Å². The van der Waals surface area contributed by atoms with Gasteiger partial charge in [-0.1, -0.05) is 97.3 Å². The Morgan fingerprint density at radius 1 is 0.485 bits per heavy atom. The molecule has 4 heteroatoms. The molecular weight excluding hydrogens is 410 g/mol. The van der Waals surface area contributed by atoms with Gasteiger partial charge in [0.1, 0.15) is 0 Å². The van der Waals surface area contributed by atoms with Crippen molar-refractivity contribution in [2.24, 2.45) is 5.92 Å². The minimum Gasteiger partial charge on any atom is -0.328 e.